The maximum Gasteiger partial charge on any atom is 0.219 e. The summed E-state index contributed by atoms with van der Waals surface area (Å²) in [6.45, 7) is 3.12. The Kier molecular flexibility index (Phi) is 27.2. The third kappa shape index (κ3) is 27.9. The molecule has 0 saturated heterocycles. The lowest BCUT2D eigenvalue weighted by atomic mass is 10.1. The van der Waals surface area contributed by atoms with Crippen molar-refractivity contribution in [3.05, 3.63) is 24.3 Å². The second kappa shape index (κ2) is 28.8. The summed E-state index contributed by atoms with van der Waals surface area (Å²) >= 11 is 1.80. The van der Waals surface area contributed by atoms with Crippen molar-refractivity contribution in [2.75, 3.05) is 25.6 Å². The van der Waals surface area contributed by atoms with Gasteiger partial charge in [-0.25, -0.2) is 0 Å². The number of nitrogens with one attached hydrogen (secondary N) is 4. The zero-order valence-corrected chi connectivity index (χ0v) is 27.8. The molecular formula is C33H60N4O4S. The molecule has 0 aliphatic rings. The number of carbonyl (C=O) groups is 4. The first kappa shape index (κ1) is 39.7. The van der Waals surface area contributed by atoms with Gasteiger partial charge in [0.2, 0.25) is 23.6 Å². The summed E-state index contributed by atoms with van der Waals surface area (Å²) < 4.78 is 0. The van der Waals surface area contributed by atoms with Gasteiger partial charge in [-0.15, -0.1) is 0 Å². The van der Waals surface area contributed by atoms with E-state index in [4.69, 9.17) is 0 Å². The lowest BCUT2D eigenvalue weighted by molar-refractivity contribution is -0.121. The smallest absolute Gasteiger partial charge is 0.219 e. The molecule has 4 N–H and O–H groups in total. The summed E-state index contributed by atoms with van der Waals surface area (Å²) in [7, 11) is 3.36. The molecule has 42 heavy (non-hydrogen) atoms. The highest BCUT2D eigenvalue weighted by Crippen LogP contribution is 2.13. The lowest BCUT2D eigenvalue weighted by Crippen LogP contribution is -2.34. The van der Waals surface area contributed by atoms with Gasteiger partial charge in [0.1, 0.15) is 0 Å². The molecule has 0 aromatic carbocycles. The molecule has 4 amide bonds. The average Bonchev–Trinajstić information content (AvgIpc) is 2.95. The van der Waals surface area contributed by atoms with E-state index in [9.17, 15) is 19.2 Å². The third-order valence-electron chi connectivity index (χ3n) is 6.99. The molecule has 0 aliphatic carbocycles. The highest BCUT2D eigenvalue weighted by molar-refractivity contribution is 7.99. The van der Waals surface area contributed by atoms with E-state index >= 15 is 0 Å². The van der Waals surface area contributed by atoms with Crippen molar-refractivity contribution < 1.29 is 19.2 Å². The SMILES string of the molecule is CNC(=O)CCCCCCCC/C=C/[C@H](CCSC[C@@H](/C=C/CCCCCCCCC(=O)NC)NC(C)=O)NC(C)=O. The highest BCUT2D eigenvalue weighted by Gasteiger charge is 2.09. The maximum absolute atomic E-state index is 11.7. The van der Waals surface area contributed by atoms with Gasteiger partial charge in [-0.3, -0.25) is 19.2 Å². The number of unbranched alkanes of at least 4 members (excludes halogenated alkanes) is 12. The Bertz CT molecular complexity index is 724. The molecule has 8 nitrogen and oxygen atoms in total. The monoisotopic (exact) mass is 608 g/mol. The van der Waals surface area contributed by atoms with Crippen molar-refractivity contribution in [1.82, 2.24) is 21.3 Å². The summed E-state index contributed by atoms with van der Waals surface area (Å²) in [5.74, 6) is 1.91. The summed E-state index contributed by atoms with van der Waals surface area (Å²) in [6, 6.07) is 0.0361. The number of carbonyl (C=O) groups excluding carboxylic acids is 4. The van der Waals surface area contributed by atoms with Gasteiger partial charge in [0, 0.05) is 52.6 Å². The fourth-order valence-electron chi connectivity index (χ4n) is 4.59. The predicted molar refractivity (Wildman–Crippen MR) is 177 cm³/mol. The number of hydrogen-bond acceptors (Lipinski definition) is 5. The first-order valence-corrected chi connectivity index (χ1v) is 17.3. The molecule has 0 radical (unpaired) electrons. The van der Waals surface area contributed by atoms with E-state index in [1.807, 2.05) is 0 Å². The zero-order valence-electron chi connectivity index (χ0n) is 26.9. The van der Waals surface area contributed by atoms with E-state index in [0.29, 0.717) is 12.8 Å². The minimum Gasteiger partial charge on any atom is -0.359 e. The number of hydrogen-bond donors (Lipinski definition) is 4. The van der Waals surface area contributed by atoms with Crippen LogP contribution in [0.15, 0.2) is 24.3 Å². The van der Waals surface area contributed by atoms with E-state index in [0.717, 1.165) is 69.3 Å². The van der Waals surface area contributed by atoms with Crippen molar-refractivity contribution in [2.24, 2.45) is 0 Å². The summed E-state index contributed by atoms with van der Waals surface area (Å²) in [5, 5.41) is 11.4. The molecule has 0 spiro atoms. The average molecular weight is 609 g/mol. The quantitative estimate of drug-likeness (QED) is 0.0678. The Morgan fingerprint density at radius 1 is 0.595 bits per heavy atom. The van der Waals surface area contributed by atoms with Crippen LogP contribution in [0, 0.1) is 0 Å². The summed E-state index contributed by atoms with van der Waals surface area (Å²) in [4.78, 5) is 45.8. The van der Waals surface area contributed by atoms with Gasteiger partial charge < -0.3 is 21.3 Å². The van der Waals surface area contributed by atoms with Crippen molar-refractivity contribution in [3.63, 3.8) is 0 Å². The zero-order chi connectivity index (χ0) is 31.3. The molecule has 0 aromatic rings. The largest absolute Gasteiger partial charge is 0.359 e. The van der Waals surface area contributed by atoms with Gasteiger partial charge in [0.25, 0.3) is 0 Å². The van der Waals surface area contributed by atoms with Gasteiger partial charge in [-0.1, -0.05) is 75.7 Å². The number of allylic oxidation sites excluding steroid dienone is 2. The lowest BCUT2D eigenvalue weighted by Gasteiger charge is -2.16. The topological polar surface area (TPSA) is 116 Å². The van der Waals surface area contributed by atoms with E-state index in [1.54, 1.807) is 39.7 Å². The molecule has 9 heteroatoms. The van der Waals surface area contributed by atoms with Crippen LogP contribution in [0.1, 0.15) is 123 Å². The second-order valence-electron chi connectivity index (χ2n) is 11.0. The molecule has 0 heterocycles. The first-order valence-electron chi connectivity index (χ1n) is 16.1. The predicted octanol–water partition coefficient (Wildman–Crippen LogP) is 5.97. The van der Waals surface area contributed by atoms with Crippen molar-refractivity contribution in [1.29, 1.82) is 0 Å². The molecule has 0 aliphatic heterocycles. The van der Waals surface area contributed by atoms with E-state index in [2.05, 4.69) is 45.6 Å². The van der Waals surface area contributed by atoms with Gasteiger partial charge >= 0.3 is 0 Å². The van der Waals surface area contributed by atoms with E-state index < -0.39 is 0 Å². The molecule has 2 atom stereocenters. The molecule has 0 unspecified atom stereocenters. The maximum atomic E-state index is 11.7. The fourth-order valence-corrected chi connectivity index (χ4v) is 5.62. The van der Waals surface area contributed by atoms with Crippen molar-refractivity contribution in [2.45, 2.75) is 135 Å². The fraction of sp³-hybridized carbons (Fsp3) is 0.758. The van der Waals surface area contributed by atoms with Crippen LogP contribution in [0.3, 0.4) is 0 Å². The second-order valence-corrected chi connectivity index (χ2v) is 12.2. The highest BCUT2D eigenvalue weighted by atomic mass is 32.2. The molecular weight excluding hydrogens is 548 g/mol. The van der Waals surface area contributed by atoms with Gasteiger partial charge in [-0.05, 0) is 50.7 Å². The normalized spacial score (nSPS) is 12.8. The van der Waals surface area contributed by atoms with Crippen LogP contribution in [0.5, 0.6) is 0 Å². The number of rotatable bonds is 27. The van der Waals surface area contributed by atoms with Gasteiger partial charge in [-0.2, -0.15) is 11.8 Å². The van der Waals surface area contributed by atoms with Crippen LogP contribution < -0.4 is 21.3 Å². The summed E-state index contributed by atoms with van der Waals surface area (Å²) in [5.41, 5.74) is 0. The molecule has 0 saturated carbocycles. The van der Waals surface area contributed by atoms with E-state index in [1.165, 1.54) is 38.5 Å². The molecule has 0 aromatic heterocycles. The van der Waals surface area contributed by atoms with Crippen molar-refractivity contribution >= 4 is 35.4 Å². The minimum atomic E-state index is -0.0232. The third-order valence-corrected chi connectivity index (χ3v) is 8.11. The van der Waals surface area contributed by atoms with Gasteiger partial charge in [0.05, 0.1) is 6.04 Å². The molecule has 242 valence electrons. The Hall–Kier alpha value is -2.29. The molecule has 0 fully saturated rings. The minimum absolute atomic E-state index is 0.00997. The first-order chi connectivity index (χ1) is 20.3. The van der Waals surface area contributed by atoms with Crippen LogP contribution >= 0.6 is 11.8 Å². The molecule has 0 rings (SSSR count). The van der Waals surface area contributed by atoms with Gasteiger partial charge in [0.15, 0.2) is 0 Å². The number of thioether (sulfide) groups is 1. The van der Waals surface area contributed by atoms with Crippen LogP contribution in [0.25, 0.3) is 0 Å². The van der Waals surface area contributed by atoms with Crippen LogP contribution in [0.4, 0.5) is 0 Å². The van der Waals surface area contributed by atoms with Crippen LogP contribution in [-0.4, -0.2) is 61.3 Å². The Balaban J connectivity index is 4.18. The standard InChI is InChI=1S/C33H60N4O4S/c1-28(38)36-30(21-17-13-9-5-7-11-15-19-23-32(40)34-3)25-26-42-27-31(37-29(2)39)22-18-14-10-6-8-12-16-20-24-33(41)35-4/h17-18,21-22,30-31H,5-16,19-20,23-27H2,1-4H3,(H,34,40)(H,35,41)(H,36,38)(H,37,39)/b21-17+,22-18+/t30-,31-/m1/s1. The Labute approximate surface area is 260 Å². The van der Waals surface area contributed by atoms with Crippen molar-refractivity contribution in [3.8, 4) is 0 Å². The Morgan fingerprint density at radius 2 is 1.00 bits per heavy atom. The van der Waals surface area contributed by atoms with Crippen LogP contribution in [0.2, 0.25) is 0 Å². The molecule has 0 bridgehead atoms. The number of amides is 4. The van der Waals surface area contributed by atoms with E-state index in [-0.39, 0.29) is 35.7 Å². The Morgan fingerprint density at radius 3 is 1.45 bits per heavy atom. The summed E-state index contributed by atoms with van der Waals surface area (Å²) in [6.07, 6.45) is 26.2. The van der Waals surface area contributed by atoms with Crippen LogP contribution in [-0.2, 0) is 19.2 Å².